The number of aliphatic hydroxyl groups excluding tert-OH is 3. The van der Waals surface area contributed by atoms with Gasteiger partial charge >= 0.3 is 6.47 Å². The molecule has 0 unspecified atom stereocenters. The van der Waals surface area contributed by atoms with E-state index in [1.165, 1.54) is 11.8 Å². The zero-order chi connectivity index (χ0) is 24.2. The normalized spacial score (nSPS) is 38.5. The van der Waals surface area contributed by atoms with Gasteiger partial charge in [0, 0.05) is 25.4 Å². The number of ether oxygens (including phenoxy) is 2. The average Bonchev–Trinajstić information content (AvgIpc) is 2.78. The van der Waals surface area contributed by atoms with Gasteiger partial charge in [-0.15, -0.1) is 11.8 Å². The third-order valence-corrected chi connectivity index (χ3v) is 9.02. The van der Waals surface area contributed by atoms with Crippen molar-refractivity contribution in [1.29, 1.82) is 0 Å². The van der Waals surface area contributed by atoms with E-state index in [2.05, 4.69) is 11.0 Å². The first-order valence-electron chi connectivity index (χ1n) is 11.2. The monoisotopic (exact) mass is 508 g/mol. The van der Waals surface area contributed by atoms with Crippen LogP contribution in [0, 0.1) is 5.92 Å². The quantitative estimate of drug-likeness (QED) is 0.188. The number of fused-ring (bicyclic) bond motifs is 2. The molecule has 3 aliphatic heterocycles. The van der Waals surface area contributed by atoms with Crippen molar-refractivity contribution in [3.05, 3.63) is 12.2 Å². The van der Waals surface area contributed by atoms with Gasteiger partial charge in [-0.3, -0.25) is 9.69 Å². The molecule has 0 aromatic rings. The topological polar surface area (TPSA) is 135 Å². The van der Waals surface area contributed by atoms with E-state index < -0.39 is 52.0 Å². The van der Waals surface area contributed by atoms with Crippen molar-refractivity contribution in [1.82, 2.24) is 9.37 Å². The Morgan fingerprint density at radius 3 is 2.58 bits per heavy atom. The molecular weight excluding hydrogens is 472 g/mol. The number of nitrogens with zero attached hydrogens (tertiary/aromatic N) is 2. The second-order valence-electron chi connectivity index (χ2n) is 9.53. The van der Waals surface area contributed by atoms with Crippen molar-refractivity contribution in [3.63, 3.8) is 0 Å². The lowest BCUT2D eigenvalue weighted by atomic mass is 9.93. The van der Waals surface area contributed by atoms with E-state index in [9.17, 15) is 24.7 Å². The maximum absolute atomic E-state index is 13.2. The number of hydrogen-bond acceptors (Lipinski definition) is 11. The summed E-state index contributed by atoms with van der Waals surface area (Å²) in [5.41, 5.74) is -0.796. The minimum atomic E-state index is -1.77. The molecule has 0 amide bonds. The van der Waals surface area contributed by atoms with Gasteiger partial charge in [-0.2, -0.15) is 0 Å². The second kappa shape index (κ2) is 12.0. The molecule has 2 bridgehead atoms. The highest BCUT2D eigenvalue weighted by atomic mass is 32.2. The summed E-state index contributed by atoms with van der Waals surface area (Å²) >= 11 is -0.404. The molecule has 12 heteroatoms. The molecule has 2 fully saturated rings. The van der Waals surface area contributed by atoms with Crippen molar-refractivity contribution < 1.29 is 39.0 Å². The standard InChI is InChI=1S/C21H36N2O8S2/c1-21(2,3)33(28)23(30-13-24)15-6-4-5-14(11-22-7-9-29-10-8-22)12-32-20-18(27)16(25)17(26)19(15)31-20/h4-5,13-20,25-27H,6-12H2,1-3H3/b5-4-/t14-,15+,16-,17+,18+,19+,20+,33+/m0/s1. The van der Waals surface area contributed by atoms with Crippen LogP contribution in [0.3, 0.4) is 0 Å². The minimum Gasteiger partial charge on any atom is -0.595 e. The Kier molecular flexibility index (Phi) is 9.90. The van der Waals surface area contributed by atoms with Gasteiger partial charge in [0.1, 0.15) is 40.6 Å². The molecule has 3 aliphatic rings. The number of carbonyl (C=O) groups is 1. The van der Waals surface area contributed by atoms with Gasteiger partial charge in [0.25, 0.3) is 0 Å². The van der Waals surface area contributed by atoms with E-state index in [-0.39, 0.29) is 18.8 Å². The van der Waals surface area contributed by atoms with Crippen molar-refractivity contribution >= 4 is 29.6 Å². The lowest BCUT2D eigenvalue weighted by molar-refractivity contribution is -0.229. The molecule has 8 atom stereocenters. The predicted molar refractivity (Wildman–Crippen MR) is 124 cm³/mol. The molecular formula is C21H36N2O8S2. The highest BCUT2D eigenvalue weighted by Gasteiger charge is 2.52. The van der Waals surface area contributed by atoms with Gasteiger partial charge in [-0.05, 0) is 33.1 Å². The molecule has 190 valence electrons. The van der Waals surface area contributed by atoms with E-state index >= 15 is 0 Å². The highest BCUT2D eigenvalue weighted by molar-refractivity contribution is 7.99. The summed E-state index contributed by atoms with van der Waals surface area (Å²) in [6.45, 7) is 9.31. The fraction of sp³-hybridized carbons (Fsp3) is 0.857. The lowest BCUT2D eigenvalue weighted by Gasteiger charge is -2.45. The summed E-state index contributed by atoms with van der Waals surface area (Å²) in [5, 5.41) is 31.8. The molecule has 3 rings (SSSR count). The molecule has 0 spiro atoms. The first-order valence-corrected chi connectivity index (χ1v) is 13.4. The summed E-state index contributed by atoms with van der Waals surface area (Å²) in [6, 6.07) is -0.839. The number of aliphatic hydroxyl groups is 3. The van der Waals surface area contributed by atoms with Crippen LogP contribution in [-0.2, 0) is 30.5 Å². The minimum absolute atomic E-state index is 0.138. The van der Waals surface area contributed by atoms with Crippen LogP contribution in [0.4, 0.5) is 0 Å². The zero-order valence-corrected chi connectivity index (χ0v) is 21.0. The fourth-order valence-corrected chi connectivity index (χ4v) is 6.46. The van der Waals surface area contributed by atoms with Crippen molar-refractivity contribution in [2.24, 2.45) is 5.92 Å². The van der Waals surface area contributed by atoms with Gasteiger partial charge in [-0.25, -0.2) is 0 Å². The van der Waals surface area contributed by atoms with Crippen LogP contribution >= 0.6 is 11.8 Å². The van der Waals surface area contributed by atoms with Crippen LogP contribution in [0.5, 0.6) is 0 Å². The molecule has 3 N–H and O–H groups in total. The van der Waals surface area contributed by atoms with Crippen LogP contribution in [0.2, 0.25) is 0 Å². The van der Waals surface area contributed by atoms with E-state index in [4.69, 9.17) is 14.3 Å². The zero-order valence-electron chi connectivity index (χ0n) is 19.3. The number of rotatable bonds is 6. The van der Waals surface area contributed by atoms with Gasteiger partial charge in [0.05, 0.1) is 29.0 Å². The Hall–Kier alpha value is -0.410. The Balaban J connectivity index is 1.89. The van der Waals surface area contributed by atoms with Crippen molar-refractivity contribution in [3.8, 4) is 0 Å². The maximum atomic E-state index is 13.2. The number of thioether (sulfide) groups is 1. The van der Waals surface area contributed by atoms with Crippen LogP contribution < -0.4 is 0 Å². The molecule has 0 radical (unpaired) electrons. The van der Waals surface area contributed by atoms with Crippen LogP contribution in [0.1, 0.15) is 27.2 Å². The predicted octanol–water partition coefficient (Wildman–Crippen LogP) is -0.344. The SMILES string of the molecule is CC(C)(C)[S@@+]([O-])N(OC=O)[C@@H]1C/C=C\[C@@H](CN2CCOCC2)CS[C@H]2O[C@H]1[C@H](O)[C@H](O)[C@H]2O. The van der Waals surface area contributed by atoms with E-state index in [1.807, 2.05) is 6.08 Å². The Labute approximate surface area is 202 Å². The molecule has 0 aromatic carbocycles. The van der Waals surface area contributed by atoms with Crippen LogP contribution in [0.25, 0.3) is 0 Å². The number of carbonyl (C=O) groups excluding carboxylic acids is 1. The molecule has 10 nitrogen and oxygen atoms in total. The van der Waals surface area contributed by atoms with Crippen molar-refractivity contribution in [2.75, 3.05) is 38.6 Å². The van der Waals surface area contributed by atoms with Gasteiger partial charge < -0.3 is 34.2 Å². The van der Waals surface area contributed by atoms with Crippen LogP contribution in [-0.4, -0.2) is 115 Å². The first-order chi connectivity index (χ1) is 15.6. The largest absolute Gasteiger partial charge is 0.595 e. The third-order valence-electron chi connectivity index (χ3n) is 5.95. The molecule has 0 saturated carbocycles. The average molecular weight is 509 g/mol. The van der Waals surface area contributed by atoms with Crippen LogP contribution in [0.15, 0.2) is 12.2 Å². The number of morpholine rings is 1. The Morgan fingerprint density at radius 1 is 1.24 bits per heavy atom. The molecule has 2 saturated heterocycles. The van der Waals surface area contributed by atoms with Gasteiger partial charge in [0.2, 0.25) is 0 Å². The van der Waals surface area contributed by atoms with Crippen molar-refractivity contribution in [2.45, 2.75) is 67.8 Å². The first kappa shape index (κ1) is 27.2. The van der Waals surface area contributed by atoms with E-state index in [0.29, 0.717) is 19.0 Å². The molecule has 0 aromatic heterocycles. The Morgan fingerprint density at radius 2 is 1.94 bits per heavy atom. The molecule has 0 aliphatic carbocycles. The van der Waals surface area contributed by atoms with Gasteiger partial charge in [-0.1, -0.05) is 12.2 Å². The Bertz CT molecular complexity index is 661. The maximum Gasteiger partial charge on any atom is 0.318 e. The molecule has 33 heavy (non-hydrogen) atoms. The summed E-state index contributed by atoms with van der Waals surface area (Å²) in [7, 11) is 0. The summed E-state index contributed by atoms with van der Waals surface area (Å²) in [5.74, 6) is 0.789. The van der Waals surface area contributed by atoms with E-state index in [0.717, 1.165) is 24.1 Å². The fourth-order valence-electron chi connectivity index (χ4n) is 4.14. The summed E-state index contributed by atoms with van der Waals surface area (Å²) in [6.07, 6.45) is -0.970. The lowest BCUT2D eigenvalue weighted by Crippen LogP contribution is -2.64. The summed E-state index contributed by atoms with van der Waals surface area (Å²) < 4.78 is 25.0. The molecule has 3 heterocycles. The van der Waals surface area contributed by atoms with Gasteiger partial charge in [0.15, 0.2) is 0 Å². The number of hydrogen-bond donors (Lipinski definition) is 3. The number of hydroxylamine groups is 1. The second-order valence-corrected chi connectivity index (χ2v) is 12.7. The highest BCUT2D eigenvalue weighted by Crippen LogP contribution is 2.36. The van der Waals surface area contributed by atoms with E-state index in [1.54, 1.807) is 20.8 Å². The third kappa shape index (κ3) is 6.84. The summed E-state index contributed by atoms with van der Waals surface area (Å²) in [4.78, 5) is 18.7. The smallest absolute Gasteiger partial charge is 0.318 e.